The molecule has 0 saturated heterocycles. The monoisotopic (exact) mass is 436 g/mol. The number of hydrazone groups is 1. The van der Waals surface area contributed by atoms with E-state index in [0.717, 1.165) is 16.8 Å². The Morgan fingerprint density at radius 1 is 1.03 bits per heavy atom. The minimum atomic E-state index is -0.572. The molecular formula is C25H16N4O4. The molecule has 4 rings (SSSR count). The van der Waals surface area contributed by atoms with Crippen LogP contribution in [-0.2, 0) is 0 Å². The molecule has 8 nitrogen and oxygen atoms in total. The molecule has 0 fully saturated rings. The van der Waals surface area contributed by atoms with E-state index in [2.05, 4.69) is 10.5 Å². The number of nitrogens with zero attached hydrogens (tertiary/aromatic N) is 3. The highest BCUT2D eigenvalue weighted by atomic mass is 16.6. The number of carbonyl (C=O) groups is 1. The van der Waals surface area contributed by atoms with Crippen molar-refractivity contribution in [2.75, 3.05) is 0 Å². The first-order valence-corrected chi connectivity index (χ1v) is 9.83. The molecular weight excluding hydrogens is 420 g/mol. The van der Waals surface area contributed by atoms with E-state index in [4.69, 9.17) is 4.74 Å². The molecule has 0 saturated carbocycles. The van der Waals surface area contributed by atoms with Crippen molar-refractivity contribution in [3.05, 3.63) is 112 Å². The van der Waals surface area contributed by atoms with Crippen LogP contribution < -0.4 is 10.2 Å². The highest BCUT2D eigenvalue weighted by molar-refractivity contribution is 6.07. The highest BCUT2D eigenvalue weighted by Gasteiger charge is 2.12. The van der Waals surface area contributed by atoms with E-state index >= 15 is 0 Å². The van der Waals surface area contributed by atoms with Gasteiger partial charge in [0.15, 0.2) is 0 Å². The van der Waals surface area contributed by atoms with Gasteiger partial charge in [0.05, 0.1) is 11.1 Å². The summed E-state index contributed by atoms with van der Waals surface area (Å²) < 4.78 is 5.67. The molecule has 0 unspecified atom stereocenters. The van der Waals surface area contributed by atoms with Crippen LogP contribution in [0.4, 0.5) is 5.69 Å². The van der Waals surface area contributed by atoms with Crippen LogP contribution in [0.2, 0.25) is 0 Å². The topological polar surface area (TPSA) is 118 Å². The number of hydrogen-bond acceptors (Lipinski definition) is 6. The second-order valence-electron chi connectivity index (χ2n) is 6.95. The molecule has 0 aromatic heterocycles. The Bertz CT molecular complexity index is 1420. The number of nitro benzene ring substituents is 1. The molecule has 0 aliphatic rings. The van der Waals surface area contributed by atoms with Gasteiger partial charge >= 0.3 is 0 Å². The third-order valence-electron chi connectivity index (χ3n) is 4.82. The Kier molecular flexibility index (Phi) is 6.05. The van der Waals surface area contributed by atoms with Crippen LogP contribution in [0.15, 0.2) is 90.0 Å². The summed E-state index contributed by atoms with van der Waals surface area (Å²) in [5.74, 6) is 0.342. The van der Waals surface area contributed by atoms with Gasteiger partial charge in [0.25, 0.3) is 11.6 Å². The molecule has 0 aliphatic heterocycles. The van der Waals surface area contributed by atoms with Crippen LogP contribution >= 0.6 is 0 Å². The second kappa shape index (κ2) is 9.41. The van der Waals surface area contributed by atoms with E-state index in [1.54, 1.807) is 30.3 Å². The maximum atomic E-state index is 12.5. The van der Waals surface area contributed by atoms with Gasteiger partial charge in [0, 0.05) is 17.7 Å². The Balaban J connectivity index is 1.42. The molecule has 0 radical (unpaired) electrons. The molecule has 0 bridgehead atoms. The Morgan fingerprint density at radius 2 is 1.79 bits per heavy atom. The standard InChI is InChI=1S/C25H16N4O4/c26-15-19-14-20(29(31)32)10-13-24(19)33-21-11-8-17(9-12-21)16-27-28-25(30)23-7-3-5-18-4-1-2-6-22(18)23/h1-14,16H,(H,28,30). The third kappa shape index (κ3) is 4.84. The minimum Gasteiger partial charge on any atom is -0.456 e. The van der Waals surface area contributed by atoms with E-state index in [1.165, 1.54) is 18.3 Å². The lowest BCUT2D eigenvalue weighted by atomic mass is 10.0. The lowest BCUT2D eigenvalue weighted by Crippen LogP contribution is -2.17. The normalized spacial score (nSPS) is 10.6. The number of ether oxygens (including phenoxy) is 1. The van der Waals surface area contributed by atoms with Gasteiger partial charge in [0.1, 0.15) is 23.1 Å². The summed E-state index contributed by atoms with van der Waals surface area (Å²) in [4.78, 5) is 22.8. The lowest BCUT2D eigenvalue weighted by molar-refractivity contribution is -0.384. The average Bonchev–Trinajstić information content (AvgIpc) is 2.84. The molecule has 4 aromatic carbocycles. The van der Waals surface area contributed by atoms with Gasteiger partial charge in [-0.25, -0.2) is 5.43 Å². The molecule has 0 spiro atoms. The maximum absolute atomic E-state index is 12.5. The average molecular weight is 436 g/mol. The Labute approximate surface area is 188 Å². The fourth-order valence-electron chi connectivity index (χ4n) is 3.21. The molecule has 0 aliphatic carbocycles. The van der Waals surface area contributed by atoms with Crippen LogP contribution in [0.5, 0.6) is 11.5 Å². The molecule has 160 valence electrons. The summed E-state index contributed by atoms with van der Waals surface area (Å²) >= 11 is 0. The molecule has 4 aromatic rings. The molecule has 0 atom stereocenters. The molecule has 1 amide bonds. The molecule has 1 N–H and O–H groups in total. The van der Waals surface area contributed by atoms with Crippen molar-refractivity contribution in [3.8, 4) is 17.6 Å². The summed E-state index contributed by atoms with van der Waals surface area (Å²) in [5.41, 5.74) is 3.65. The number of nitriles is 1. The second-order valence-corrected chi connectivity index (χ2v) is 6.95. The van der Waals surface area contributed by atoms with Crippen molar-refractivity contribution in [1.29, 1.82) is 5.26 Å². The van der Waals surface area contributed by atoms with E-state index in [0.29, 0.717) is 16.9 Å². The van der Waals surface area contributed by atoms with Crippen LogP contribution in [0.3, 0.4) is 0 Å². The number of nitro groups is 1. The number of non-ortho nitro benzene ring substituents is 1. The number of hydrogen-bond donors (Lipinski definition) is 1. The maximum Gasteiger partial charge on any atom is 0.271 e. The van der Waals surface area contributed by atoms with E-state index < -0.39 is 4.92 Å². The minimum absolute atomic E-state index is 0.0611. The van der Waals surface area contributed by atoms with Gasteiger partial charge in [-0.1, -0.05) is 36.4 Å². The van der Waals surface area contributed by atoms with Crippen molar-refractivity contribution >= 4 is 28.6 Å². The van der Waals surface area contributed by atoms with E-state index in [1.807, 2.05) is 42.5 Å². The van der Waals surface area contributed by atoms with Gasteiger partial charge < -0.3 is 4.74 Å². The fourth-order valence-corrected chi connectivity index (χ4v) is 3.21. The van der Waals surface area contributed by atoms with Gasteiger partial charge in [-0.3, -0.25) is 14.9 Å². The molecule has 33 heavy (non-hydrogen) atoms. The van der Waals surface area contributed by atoms with Crippen LogP contribution in [0.25, 0.3) is 10.8 Å². The summed E-state index contributed by atoms with van der Waals surface area (Å²) in [5, 5.41) is 25.9. The molecule has 0 heterocycles. The number of nitrogens with one attached hydrogen (secondary N) is 1. The fraction of sp³-hybridized carbons (Fsp3) is 0. The third-order valence-corrected chi connectivity index (χ3v) is 4.82. The van der Waals surface area contributed by atoms with Gasteiger partial charge in [0.2, 0.25) is 0 Å². The lowest BCUT2D eigenvalue weighted by Gasteiger charge is -2.07. The summed E-state index contributed by atoms with van der Waals surface area (Å²) in [6.45, 7) is 0. The van der Waals surface area contributed by atoms with Crippen molar-refractivity contribution in [2.24, 2.45) is 5.10 Å². The van der Waals surface area contributed by atoms with E-state index in [9.17, 15) is 20.2 Å². The van der Waals surface area contributed by atoms with Crippen molar-refractivity contribution in [3.63, 3.8) is 0 Å². The summed E-state index contributed by atoms with van der Waals surface area (Å²) in [6, 6.07) is 25.6. The first-order chi connectivity index (χ1) is 16.0. The zero-order chi connectivity index (χ0) is 23.2. The largest absolute Gasteiger partial charge is 0.456 e. The van der Waals surface area contributed by atoms with Crippen LogP contribution in [0, 0.1) is 21.4 Å². The number of rotatable bonds is 6. The van der Waals surface area contributed by atoms with Gasteiger partial charge in [-0.05, 0) is 52.7 Å². The number of carbonyl (C=O) groups excluding carboxylic acids is 1. The van der Waals surface area contributed by atoms with Gasteiger partial charge in [-0.15, -0.1) is 0 Å². The Morgan fingerprint density at radius 3 is 2.55 bits per heavy atom. The number of fused-ring (bicyclic) bond motifs is 1. The van der Waals surface area contributed by atoms with Crippen molar-refractivity contribution in [2.45, 2.75) is 0 Å². The SMILES string of the molecule is N#Cc1cc([N+](=O)[O-])ccc1Oc1ccc(C=NNC(=O)c2cccc3ccccc23)cc1. The zero-order valence-electron chi connectivity index (χ0n) is 17.1. The first kappa shape index (κ1) is 21.2. The van der Waals surface area contributed by atoms with Crippen LogP contribution in [0.1, 0.15) is 21.5 Å². The quantitative estimate of drug-likeness (QED) is 0.254. The first-order valence-electron chi connectivity index (χ1n) is 9.83. The Hall–Kier alpha value is -5.03. The molecule has 8 heteroatoms. The van der Waals surface area contributed by atoms with Gasteiger partial charge in [-0.2, -0.15) is 10.4 Å². The predicted molar refractivity (Wildman–Crippen MR) is 123 cm³/mol. The van der Waals surface area contributed by atoms with E-state index in [-0.39, 0.29) is 22.9 Å². The van der Waals surface area contributed by atoms with Crippen molar-refractivity contribution < 1.29 is 14.5 Å². The zero-order valence-corrected chi connectivity index (χ0v) is 17.1. The number of benzene rings is 4. The van der Waals surface area contributed by atoms with Crippen LogP contribution in [-0.4, -0.2) is 17.0 Å². The predicted octanol–water partition coefficient (Wildman–Crippen LogP) is 5.18. The summed E-state index contributed by atoms with van der Waals surface area (Å²) in [7, 11) is 0. The smallest absolute Gasteiger partial charge is 0.271 e. The van der Waals surface area contributed by atoms with Crippen molar-refractivity contribution in [1.82, 2.24) is 5.43 Å². The highest BCUT2D eigenvalue weighted by Crippen LogP contribution is 2.28. The summed E-state index contributed by atoms with van der Waals surface area (Å²) in [6.07, 6.45) is 1.50. The number of amides is 1.